The Labute approximate surface area is 188 Å². The number of hydrogen-bond donors (Lipinski definition) is 0. The van der Waals surface area contributed by atoms with Gasteiger partial charge in [-0.05, 0) is 48.9 Å². The van der Waals surface area contributed by atoms with Crippen molar-refractivity contribution in [1.29, 1.82) is 0 Å². The fourth-order valence-electron chi connectivity index (χ4n) is 4.33. The first kappa shape index (κ1) is 26.9. The van der Waals surface area contributed by atoms with Crippen molar-refractivity contribution in [2.75, 3.05) is 14.2 Å². The summed E-state index contributed by atoms with van der Waals surface area (Å²) in [5.41, 5.74) is 2.95. The van der Waals surface area contributed by atoms with E-state index in [0.717, 1.165) is 11.5 Å². The number of unbranched alkanes of at least 4 members (excludes halogenated alkanes) is 14. The zero-order valence-corrected chi connectivity index (χ0v) is 20.7. The molecule has 0 radical (unpaired) electrons. The van der Waals surface area contributed by atoms with Crippen molar-refractivity contribution in [3.8, 4) is 11.5 Å². The Balaban J connectivity index is 2.45. The smallest absolute Gasteiger partial charge is 0.161 e. The third kappa shape index (κ3) is 11.9. The second kappa shape index (κ2) is 18.6. The van der Waals surface area contributed by atoms with Crippen LogP contribution in [0.2, 0.25) is 0 Å². The van der Waals surface area contributed by atoms with Crippen molar-refractivity contribution in [2.45, 2.75) is 129 Å². The first-order chi connectivity index (χ1) is 14.8. The quantitative estimate of drug-likeness (QED) is 0.197. The van der Waals surface area contributed by atoms with Gasteiger partial charge in [0.05, 0.1) is 14.2 Å². The molecule has 0 saturated heterocycles. The van der Waals surface area contributed by atoms with E-state index in [4.69, 9.17) is 9.47 Å². The molecule has 0 aliphatic carbocycles. The first-order valence-corrected chi connectivity index (χ1v) is 13.0. The molecule has 2 nitrogen and oxygen atoms in total. The highest BCUT2D eigenvalue weighted by Crippen LogP contribution is 2.32. The highest BCUT2D eigenvalue weighted by Gasteiger charge is 2.11. The fraction of sp³-hybridized carbons (Fsp3) is 0.786. The maximum Gasteiger partial charge on any atom is 0.161 e. The van der Waals surface area contributed by atoms with E-state index >= 15 is 0 Å². The summed E-state index contributed by atoms with van der Waals surface area (Å²) < 4.78 is 11.2. The number of methoxy groups -OCH3 is 2. The van der Waals surface area contributed by atoms with Gasteiger partial charge in [0.2, 0.25) is 0 Å². The molecule has 0 saturated carbocycles. The van der Waals surface area contributed by atoms with Crippen molar-refractivity contribution < 1.29 is 9.47 Å². The summed E-state index contributed by atoms with van der Waals surface area (Å²) >= 11 is 0. The van der Waals surface area contributed by atoms with Crippen LogP contribution >= 0.6 is 0 Å². The van der Waals surface area contributed by atoms with E-state index in [9.17, 15) is 0 Å². The molecule has 0 spiro atoms. The van der Waals surface area contributed by atoms with Crippen LogP contribution in [0.4, 0.5) is 0 Å². The molecule has 0 amide bonds. The Hall–Kier alpha value is -1.18. The molecule has 0 heterocycles. The van der Waals surface area contributed by atoms with E-state index in [1.54, 1.807) is 14.2 Å². The van der Waals surface area contributed by atoms with E-state index < -0.39 is 0 Å². The van der Waals surface area contributed by atoms with Crippen LogP contribution in [0.5, 0.6) is 11.5 Å². The lowest BCUT2D eigenvalue weighted by Gasteiger charge is -2.15. The van der Waals surface area contributed by atoms with E-state index in [2.05, 4.69) is 26.0 Å². The molecule has 30 heavy (non-hydrogen) atoms. The molecule has 1 aromatic rings. The summed E-state index contributed by atoms with van der Waals surface area (Å²) in [5.74, 6) is 1.76. The summed E-state index contributed by atoms with van der Waals surface area (Å²) in [7, 11) is 3.49. The summed E-state index contributed by atoms with van der Waals surface area (Å²) in [5, 5.41) is 0. The van der Waals surface area contributed by atoms with Crippen LogP contribution in [0.3, 0.4) is 0 Å². The van der Waals surface area contributed by atoms with Crippen LogP contribution in [0.1, 0.15) is 128 Å². The second-order valence-electron chi connectivity index (χ2n) is 8.93. The van der Waals surface area contributed by atoms with Crippen molar-refractivity contribution in [3.63, 3.8) is 0 Å². The highest BCUT2D eigenvalue weighted by molar-refractivity contribution is 5.47. The number of hydrogen-bond acceptors (Lipinski definition) is 2. The van der Waals surface area contributed by atoms with Gasteiger partial charge < -0.3 is 9.47 Å². The Morgan fingerprint density at radius 1 is 0.467 bits per heavy atom. The van der Waals surface area contributed by atoms with Gasteiger partial charge in [0.15, 0.2) is 11.5 Å². The number of benzene rings is 1. The van der Waals surface area contributed by atoms with Gasteiger partial charge in [-0.25, -0.2) is 0 Å². The molecule has 0 aliphatic heterocycles. The zero-order valence-electron chi connectivity index (χ0n) is 20.7. The van der Waals surface area contributed by atoms with E-state index in [0.29, 0.717) is 0 Å². The standard InChI is InChI=1S/C28H50O2/c1-5-7-9-11-13-15-17-19-21-25-23-27(29-3)28(30-4)24-26(25)22-20-18-16-14-12-10-8-6-2/h23-24H,5-22H2,1-4H3. The van der Waals surface area contributed by atoms with Crippen LogP contribution in [0.15, 0.2) is 12.1 Å². The van der Waals surface area contributed by atoms with Crippen LogP contribution in [0, 0.1) is 0 Å². The Morgan fingerprint density at radius 3 is 1.07 bits per heavy atom. The minimum Gasteiger partial charge on any atom is -0.493 e. The third-order valence-electron chi connectivity index (χ3n) is 6.31. The normalized spacial score (nSPS) is 11.1. The molecule has 0 aliphatic rings. The Bertz CT molecular complexity index is 477. The monoisotopic (exact) mass is 418 g/mol. The SMILES string of the molecule is CCCCCCCCCCc1cc(OC)c(OC)cc1CCCCCCCCCC. The lowest BCUT2D eigenvalue weighted by atomic mass is 9.95. The van der Waals surface area contributed by atoms with Crippen LogP contribution in [-0.2, 0) is 12.8 Å². The lowest BCUT2D eigenvalue weighted by Crippen LogP contribution is -2.00. The molecule has 2 heteroatoms. The minimum absolute atomic E-state index is 0.881. The highest BCUT2D eigenvalue weighted by atomic mass is 16.5. The number of rotatable bonds is 20. The topological polar surface area (TPSA) is 18.5 Å². The van der Waals surface area contributed by atoms with Crippen molar-refractivity contribution in [2.24, 2.45) is 0 Å². The van der Waals surface area contributed by atoms with Crippen molar-refractivity contribution in [3.05, 3.63) is 23.3 Å². The third-order valence-corrected chi connectivity index (χ3v) is 6.31. The van der Waals surface area contributed by atoms with Crippen LogP contribution < -0.4 is 9.47 Å². The molecule has 0 fully saturated rings. The molecule has 0 aromatic heterocycles. The fourth-order valence-corrected chi connectivity index (χ4v) is 4.33. The summed E-state index contributed by atoms with van der Waals surface area (Å²) in [6, 6.07) is 4.47. The van der Waals surface area contributed by atoms with Gasteiger partial charge in [-0.2, -0.15) is 0 Å². The molecule has 1 rings (SSSR count). The average molecular weight is 419 g/mol. The van der Waals surface area contributed by atoms with Crippen molar-refractivity contribution in [1.82, 2.24) is 0 Å². The molecule has 0 unspecified atom stereocenters. The predicted molar refractivity (Wildman–Crippen MR) is 132 cm³/mol. The van der Waals surface area contributed by atoms with Crippen molar-refractivity contribution >= 4 is 0 Å². The lowest BCUT2D eigenvalue weighted by molar-refractivity contribution is 0.354. The van der Waals surface area contributed by atoms with Gasteiger partial charge in [-0.3, -0.25) is 0 Å². The second-order valence-corrected chi connectivity index (χ2v) is 8.93. The zero-order chi connectivity index (χ0) is 21.9. The maximum atomic E-state index is 5.58. The van der Waals surface area contributed by atoms with Gasteiger partial charge in [-0.15, -0.1) is 0 Å². The van der Waals surface area contributed by atoms with Gasteiger partial charge in [-0.1, -0.05) is 104 Å². The van der Waals surface area contributed by atoms with E-state index in [-0.39, 0.29) is 0 Å². The van der Waals surface area contributed by atoms with Crippen LogP contribution in [0.25, 0.3) is 0 Å². The van der Waals surface area contributed by atoms with Gasteiger partial charge in [0, 0.05) is 0 Å². The number of aryl methyl sites for hydroxylation is 2. The summed E-state index contributed by atoms with van der Waals surface area (Å²) in [4.78, 5) is 0. The molecule has 174 valence electrons. The number of ether oxygens (including phenoxy) is 2. The Kier molecular flexibility index (Phi) is 16.6. The van der Waals surface area contributed by atoms with Gasteiger partial charge in [0.25, 0.3) is 0 Å². The molecular weight excluding hydrogens is 368 g/mol. The summed E-state index contributed by atoms with van der Waals surface area (Å²) in [6.07, 6.45) is 24.3. The first-order valence-electron chi connectivity index (χ1n) is 13.0. The maximum absolute atomic E-state index is 5.58. The predicted octanol–water partition coefficient (Wildman–Crippen LogP) is 9.07. The van der Waals surface area contributed by atoms with Gasteiger partial charge >= 0.3 is 0 Å². The Morgan fingerprint density at radius 2 is 0.767 bits per heavy atom. The molecule has 0 bridgehead atoms. The van der Waals surface area contributed by atoms with E-state index in [1.807, 2.05) is 0 Å². The average Bonchev–Trinajstić information content (AvgIpc) is 2.77. The molecule has 0 N–H and O–H groups in total. The van der Waals surface area contributed by atoms with Crippen LogP contribution in [-0.4, -0.2) is 14.2 Å². The largest absolute Gasteiger partial charge is 0.493 e. The van der Waals surface area contributed by atoms with E-state index in [1.165, 1.54) is 127 Å². The summed E-state index contributed by atoms with van der Waals surface area (Å²) in [6.45, 7) is 4.57. The molecule has 0 atom stereocenters. The molecular formula is C28H50O2. The molecule has 1 aromatic carbocycles. The minimum atomic E-state index is 0.881. The van der Waals surface area contributed by atoms with Gasteiger partial charge in [0.1, 0.15) is 0 Å².